The maximum atomic E-state index is 13.0. The molecule has 3 aromatic rings. The van der Waals surface area contributed by atoms with Crippen LogP contribution in [0.5, 0.6) is 0 Å². The lowest BCUT2D eigenvalue weighted by atomic mass is 10.0. The molecule has 1 amide bonds. The summed E-state index contributed by atoms with van der Waals surface area (Å²) in [6.45, 7) is 0.779. The SMILES string of the molecule is CNc1cc([C@H]2CCCN2C(=O)c2ccc3nc[nH]c3c2)ccn1. The van der Waals surface area contributed by atoms with Crippen molar-refractivity contribution in [2.75, 3.05) is 18.9 Å². The summed E-state index contributed by atoms with van der Waals surface area (Å²) in [5, 5.41) is 3.06. The number of pyridine rings is 1. The number of hydrogen-bond acceptors (Lipinski definition) is 4. The number of likely N-dealkylation sites (tertiary alicyclic amines) is 1. The minimum absolute atomic E-state index is 0.0665. The molecule has 0 radical (unpaired) electrons. The normalized spacial score (nSPS) is 17.4. The summed E-state index contributed by atoms with van der Waals surface area (Å²) < 4.78 is 0. The summed E-state index contributed by atoms with van der Waals surface area (Å²) in [4.78, 5) is 26.5. The molecule has 3 heterocycles. The van der Waals surface area contributed by atoms with Crippen molar-refractivity contribution in [1.82, 2.24) is 19.9 Å². The first-order valence-electron chi connectivity index (χ1n) is 8.14. The van der Waals surface area contributed by atoms with Crippen LogP contribution in [-0.2, 0) is 0 Å². The van der Waals surface area contributed by atoms with E-state index in [4.69, 9.17) is 0 Å². The quantitative estimate of drug-likeness (QED) is 0.778. The fourth-order valence-electron chi connectivity index (χ4n) is 3.38. The van der Waals surface area contributed by atoms with E-state index >= 15 is 0 Å². The number of H-pyrrole nitrogens is 1. The van der Waals surface area contributed by atoms with Crippen LogP contribution in [0.4, 0.5) is 5.82 Å². The van der Waals surface area contributed by atoms with Gasteiger partial charge in [-0.15, -0.1) is 0 Å². The van der Waals surface area contributed by atoms with E-state index < -0.39 is 0 Å². The molecule has 2 N–H and O–H groups in total. The van der Waals surface area contributed by atoms with Crippen molar-refractivity contribution in [1.29, 1.82) is 0 Å². The predicted molar refractivity (Wildman–Crippen MR) is 92.9 cm³/mol. The van der Waals surface area contributed by atoms with Gasteiger partial charge in [-0.25, -0.2) is 9.97 Å². The zero-order valence-electron chi connectivity index (χ0n) is 13.5. The van der Waals surface area contributed by atoms with Gasteiger partial charge < -0.3 is 15.2 Å². The van der Waals surface area contributed by atoms with Gasteiger partial charge in [0.2, 0.25) is 0 Å². The molecule has 6 nitrogen and oxygen atoms in total. The minimum Gasteiger partial charge on any atom is -0.373 e. The Kier molecular flexibility index (Phi) is 3.65. The Balaban J connectivity index is 1.64. The maximum absolute atomic E-state index is 13.0. The lowest BCUT2D eigenvalue weighted by Crippen LogP contribution is -2.30. The first kappa shape index (κ1) is 14.7. The molecule has 122 valence electrons. The van der Waals surface area contributed by atoms with Crippen molar-refractivity contribution in [3.8, 4) is 0 Å². The molecule has 4 rings (SSSR count). The average Bonchev–Trinajstić information content (AvgIpc) is 3.29. The van der Waals surface area contributed by atoms with E-state index in [1.165, 1.54) is 0 Å². The number of nitrogens with one attached hydrogen (secondary N) is 2. The number of anilines is 1. The van der Waals surface area contributed by atoms with E-state index in [0.29, 0.717) is 5.56 Å². The summed E-state index contributed by atoms with van der Waals surface area (Å²) >= 11 is 0. The molecule has 0 aliphatic carbocycles. The maximum Gasteiger partial charge on any atom is 0.254 e. The molecule has 0 spiro atoms. The second kappa shape index (κ2) is 5.96. The molecular formula is C18H19N5O. The topological polar surface area (TPSA) is 73.9 Å². The molecule has 24 heavy (non-hydrogen) atoms. The van der Waals surface area contributed by atoms with Gasteiger partial charge in [0.15, 0.2) is 0 Å². The van der Waals surface area contributed by atoms with Gasteiger partial charge in [-0.05, 0) is 48.7 Å². The van der Waals surface area contributed by atoms with Crippen LogP contribution in [0.1, 0.15) is 34.8 Å². The van der Waals surface area contributed by atoms with E-state index in [1.54, 1.807) is 12.5 Å². The van der Waals surface area contributed by atoms with E-state index in [-0.39, 0.29) is 11.9 Å². The van der Waals surface area contributed by atoms with Crippen molar-refractivity contribution in [2.45, 2.75) is 18.9 Å². The molecule has 1 aliphatic heterocycles. The van der Waals surface area contributed by atoms with Crippen LogP contribution in [0.2, 0.25) is 0 Å². The van der Waals surface area contributed by atoms with Gasteiger partial charge in [0.25, 0.3) is 5.91 Å². The van der Waals surface area contributed by atoms with Crippen LogP contribution in [0.15, 0.2) is 42.9 Å². The number of carbonyl (C=O) groups excluding carboxylic acids is 1. The van der Waals surface area contributed by atoms with Gasteiger partial charge in [0.05, 0.1) is 23.4 Å². The number of aromatic amines is 1. The van der Waals surface area contributed by atoms with Crippen molar-refractivity contribution in [3.63, 3.8) is 0 Å². The molecule has 1 saturated heterocycles. The van der Waals surface area contributed by atoms with Gasteiger partial charge >= 0.3 is 0 Å². The molecule has 1 fully saturated rings. The zero-order valence-corrected chi connectivity index (χ0v) is 13.5. The van der Waals surface area contributed by atoms with E-state index in [0.717, 1.165) is 41.8 Å². The smallest absolute Gasteiger partial charge is 0.254 e. The predicted octanol–water partition coefficient (Wildman–Crippen LogP) is 2.98. The lowest BCUT2D eigenvalue weighted by molar-refractivity contribution is 0.0736. The van der Waals surface area contributed by atoms with Crippen LogP contribution < -0.4 is 5.32 Å². The summed E-state index contributed by atoms with van der Waals surface area (Å²) in [5.41, 5.74) is 3.58. The van der Waals surface area contributed by atoms with Crippen molar-refractivity contribution >= 4 is 22.8 Å². The molecule has 1 atom stereocenters. The molecule has 1 aliphatic rings. The Hall–Kier alpha value is -2.89. The van der Waals surface area contributed by atoms with Crippen molar-refractivity contribution in [3.05, 3.63) is 54.0 Å². The molecule has 0 unspecified atom stereocenters. The van der Waals surface area contributed by atoms with E-state index in [9.17, 15) is 4.79 Å². The number of imidazole rings is 1. The van der Waals surface area contributed by atoms with Crippen LogP contribution >= 0.6 is 0 Å². The van der Waals surface area contributed by atoms with Crippen molar-refractivity contribution in [2.24, 2.45) is 0 Å². The van der Waals surface area contributed by atoms with Gasteiger partial charge in [0.1, 0.15) is 5.82 Å². The first-order valence-corrected chi connectivity index (χ1v) is 8.14. The number of nitrogens with zero attached hydrogens (tertiary/aromatic N) is 3. The monoisotopic (exact) mass is 321 g/mol. The molecule has 0 saturated carbocycles. The second-order valence-corrected chi connectivity index (χ2v) is 6.02. The van der Waals surface area contributed by atoms with Gasteiger partial charge in [-0.1, -0.05) is 0 Å². The van der Waals surface area contributed by atoms with E-state index in [2.05, 4.69) is 20.3 Å². The zero-order chi connectivity index (χ0) is 16.5. The molecule has 0 bridgehead atoms. The Labute approximate surface area is 139 Å². The highest BCUT2D eigenvalue weighted by atomic mass is 16.2. The molecule has 2 aromatic heterocycles. The van der Waals surface area contributed by atoms with Gasteiger partial charge in [-0.2, -0.15) is 0 Å². The number of hydrogen-bond donors (Lipinski definition) is 2. The van der Waals surface area contributed by atoms with Crippen LogP contribution in [-0.4, -0.2) is 39.4 Å². The Morgan fingerprint density at radius 1 is 1.29 bits per heavy atom. The van der Waals surface area contributed by atoms with Crippen LogP contribution in [0.25, 0.3) is 11.0 Å². The second-order valence-electron chi connectivity index (χ2n) is 6.02. The highest BCUT2D eigenvalue weighted by Crippen LogP contribution is 2.33. The Morgan fingerprint density at radius 2 is 2.21 bits per heavy atom. The number of amides is 1. The summed E-state index contributed by atoms with van der Waals surface area (Å²) in [6.07, 6.45) is 5.43. The third kappa shape index (κ3) is 2.50. The van der Waals surface area contributed by atoms with Crippen molar-refractivity contribution < 1.29 is 4.79 Å². The Morgan fingerprint density at radius 3 is 3.08 bits per heavy atom. The summed E-state index contributed by atoms with van der Waals surface area (Å²) in [5.74, 6) is 0.891. The van der Waals surface area contributed by atoms with Crippen LogP contribution in [0, 0.1) is 0 Å². The number of benzene rings is 1. The number of rotatable bonds is 3. The standard InChI is InChI=1S/C18H19N5O/c1-19-17-10-12(6-7-20-17)16-3-2-8-23(16)18(24)13-4-5-14-15(9-13)22-11-21-14/h4-7,9-11,16H,2-3,8H2,1H3,(H,19,20)(H,21,22)/t16-/m1/s1. The number of aromatic nitrogens is 3. The number of fused-ring (bicyclic) bond motifs is 1. The van der Waals surface area contributed by atoms with Gasteiger partial charge in [0, 0.05) is 25.4 Å². The first-order chi connectivity index (χ1) is 11.8. The largest absolute Gasteiger partial charge is 0.373 e. The molecular weight excluding hydrogens is 302 g/mol. The van der Waals surface area contributed by atoms with Gasteiger partial charge in [-0.3, -0.25) is 4.79 Å². The lowest BCUT2D eigenvalue weighted by Gasteiger charge is -2.25. The van der Waals surface area contributed by atoms with Crippen LogP contribution in [0.3, 0.4) is 0 Å². The third-order valence-corrected chi connectivity index (χ3v) is 4.61. The van der Waals surface area contributed by atoms with E-state index in [1.807, 2.05) is 42.3 Å². The fourth-order valence-corrected chi connectivity index (χ4v) is 3.38. The average molecular weight is 321 g/mol. The molecule has 1 aromatic carbocycles. The third-order valence-electron chi connectivity index (χ3n) is 4.61. The fraction of sp³-hybridized carbons (Fsp3) is 0.278. The highest BCUT2D eigenvalue weighted by Gasteiger charge is 2.30. The summed E-state index contributed by atoms with van der Waals surface area (Å²) in [7, 11) is 1.85. The summed E-state index contributed by atoms with van der Waals surface area (Å²) in [6, 6.07) is 9.74. The number of carbonyl (C=O) groups is 1. The molecule has 6 heteroatoms. The minimum atomic E-state index is 0.0665. The Bertz CT molecular complexity index is 888. The highest BCUT2D eigenvalue weighted by molar-refractivity contribution is 5.97.